The molecule has 0 radical (unpaired) electrons. The predicted molar refractivity (Wildman–Crippen MR) is 291 cm³/mol. The fourth-order valence-corrected chi connectivity index (χ4v) is 10.5. The van der Waals surface area contributed by atoms with Crippen LogP contribution in [0.15, 0.2) is 241 Å². The van der Waals surface area contributed by atoms with Gasteiger partial charge in [0.1, 0.15) is 22.7 Å². The van der Waals surface area contributed by atoms with E-state index in [9.17, 15) is 10.2 Å². The quantitative estimate of drug-likeness (QED) is 0.163. The van der Waals surface area contributed by atoms with Crippen LogP contribution in [0.2, 0.25) is 0 Å². The van der Waals surface area contributed by atoms with Crippen molar-refractivity contribution < 1.29 is 19.7 Å². The zero-order chi connectivity index (χ0) is 48.7. The van der Waals surface area contributed by atoms with E-state index < -0.39 is 11.2 Å². The average Bonchev–Trinajstić information content (AvgIpc) is 3.45. The van der Waals surface area contributed by atoms with Gasteiger partial charge in [-0.25, -0.2) is 0 Å². The molecule has 0 atom stereocenters. The molecule has 1 aliphatic rings. The van der Waals surface area contributed by atoms with Gasteiger partial charge >= 0.3 is 0 Å². The fourth-order valence-electron chi connectivity index (χ4n) is 10.5. The summed E-state index contributed by atoms with van der Waals surface area (Å²) in [6.45, 7) is 1.01. The number of hydrogen-bond donors (Lipinski definition) is 2. The summed E-state index contributed by atoms with van der Waals surface area (Å²) in [6.07, 6.45) is 4.60. The SMILES string of the molecule is OC(c1ccccc1)(c1ccccc1)c1ccc2c(c1)N=Nc1cc(C(O)(c3ccccc3)c3ccccc3)ccc1CCCCOc1ccc3ccccc3c1-c1c(ccc3ccccc13)OCCCC2. The Morgan fingerprint density at radius 3 is 1.06 bits per heavy atom. The minimum atomic E-state index is -1.47. The van der Waals surface area contributed by atoms with Crippen molar-refractivity contribution in [2.45, 2.75) is 49.7 Å². The highest BCUT2D eigenvalue weighted by atomic mass is 16.5. The lowest BCUT2D eigenvalue weighted by Crippen LogP contribution is -2.28. The molecule has 2 N–H and O–H groups in total. The summed E-state index contributed by atoms with van der Waals surface area (Å²) < 4.78 is 13.6. The van der Waals surface area contributed by atoms with Crippen molar-refractivity contribution >= 4 is 32.9 Å². The summed E-state index contributed by atoms with van der Waals surface area (Å²) in [7, 11) is 0. The van der Waals surface area contributed by atoms with Crippen LogP contribution in [0.3, 0.4) is 0 Å². The first-order valence-electron chi connectivity index (χ1n) is 25.1. The Morgan fingerprint density at radius 2 is 0.681 bits per heavy atom. The lowest BCUT2D eigenvalue weighted by atomic mass is 9.80. The number of azo groups is 1. The number of hydrogen-bond acceptors (Lipinski definition) is 6. The summed E-state index contributed by atoms with van der Waals surface area (Å²) in [5.74, 6) is 1.65. The fraction of sp³-hybridized carbons (Fsp3) is 0.152. The van der Waals surface area contributed by atoms with E-state index in [1.165, 1.54) is 0 Å². The third-order valence-corrected chi connectivity index (χ3v) is 14.3. The molecule has 10 aromatic carbocycles. The first kappa shape index (κ1) is 46.2. The van der Waals surface area contributed by atoms with Crippen LogP contribution < -0.4 is 9.47 Å². The second-order valence-corrected chi connectivity index (χ2v) is 18.7. The summed E-state index contributed by atoms with van der Waals surface area (Å²) in [6, 6.07) is 77.0. The van der Waals surface area contributed by atoms with Crippen molar-refractivity contribution in [1.29, 1.82) is 0 Å². The zero-order valence-electron chi connectivity index (χ0n) is 40.2. The zero-order valence-corrected chi connectivity index (χ0v) is 40.2. The Labute approximate surface area is 421 Å². The Morgan fingerprint density at radius 1 is 0.333 bits per heavy atom. The summed E-state index contributed by atoms with van der Waals surface area (Å²) in [5.41, 5.74) is 6.84. The van der Waals surface area contributed by atoms with E-state index in [1.807, 2.05) is 146 Å². The maximum Gasteiger partial charge on any atom is 0.140 e. The van der Waals surface area contributed by atoms with E-state index in [4.69, 9.17) is 19.7 Å². The second-order valence-electron chi connectivity index (χ2n) is 18.7. The first-order valence-corrected chi connectivity index (χ1v) is 25.1. The van der Waals surface area contributed by atoms with Gasteiger partial charge in [0.25, 0.3) is 0 Å². The molecular formula is C66H56N2O4. The molecule has 0 fully saturated rings. The summed E-state index contributed by atoms with van der Waals surface area (Å²) in [5, 5.41) is 40.8. The molecule has 11 rings (SSSR count). The van der Waals surface area contributed by atoms with Crippen LogP contribution in [0.1, 0.15) is 70.2 Å². The van der Waals surface area contributed by atoms with E-state index in [1.54, 1.807) is 0 Å². The molecule has 72 heavy (non-hydrogen) atoms. The average molecular weight is 941 g/mol. The van der Waals surface area contributed by atoms with E-state index in [-0.39, 0.29) is 0 Å². The monoisotopic (exact) mass is 940 g/mol. The molecule has 0 aliphatic carbocycles. The molecule has 0 spiro atoms. The largest absolute Gasteiger partial charge is 0.493 e. The van der Waals surface area contributed by atoms with Crippen LogP contribution in [0.4, 0.5) is 11.4 Å². The van der Waals surface area contributed by atoms with Crippen molar-refractivity contribution in [3.8, 4) is 22.6 Å². The highest BCUT2D eigenvalue weighted by Crippen LogP contribution is 2.47. The topological polar surface area (TPSA) is 83.6 Å². The summed E-state index contributed by atoms with van der Waals surface area (Å²) in [4.78, 5) is 0. The maximum atomic E-state index is 13.0. The molecule has 6 heteroatoms. The Balaban J connectivity index is 1.04. The van der Waals surface area contributed by atoms with Crippen molar-refractivity contribution in [1.82, 2.24) is 0 Å². The number of aryl methyl sites for hydroxylation is 2. The molecule has 0 saturated carbocycles. The molecule has 1 aliphatic heterocycles. The molecule has 1 heterocycles. The van der Waals surface area contributed by atoms with Crippen molar-refractivity contribution in [3.63, 3.8) is 0 Å². The molecule has 0 unspecified atom stereocenters. The van der Waals surface area contributed by atoms with Gasteiger partial charge in [-0.3, -0.25) is 0 Å². The van der Waals surface area contributed by atoms with Gasteiger partial charge in [-0.15, -0.1) is 0 Å². The normalized spacial score (nSPS) is 13.7. The second kappa shape index (κ2) is 20.7. The van der Waals surface area contributed by atoms with Crippen LogP contribution >= 0.6 is 0 Å². The molecule has 0 saturated heterocycles. The van der Waals surface area contributed by atoms with Gasteiger partial charge in [0.2, 0.25) is 0 Å². The van der Waals surface area contributed by atoms with Gasteiger partial charge in [0.15, 0.2) is 0 Å². The van der Waals surface area contributed by atoms with E-state index in [0.717, 1.165) is 103 Å². The highest BCUT2D eigenvalue weighted by Gasteiger charge is 2.36. The molecular weight excluding hydrogens is 885 g/mol. The molecule has 0 aromatic heterocycles. The third kappa shape index (κ3) is 9.07. The summed E-state index contributed by atoms with van der Waals surface area (Å²) >= 11 is 0. The number of nitrogens with zero attached hydrogens (tertiary/aromatic N) is 2. The van der Waals surface area contributed by atoms with E-state index in [0.29, 0.717) is 48.6 Å². The van der Waals surface area contributed by atoms with Gasteiger partial charge in [-0.1, -0.05) is 206 Å². The van der Waals surface area contributed by atoms with Gasteiger partial charge in [0.05, 0.1) is 24.6 Å². The lowest BCUT2D eigenvalue weighted by Gasteiger charge is -2.31. The Kier molecular flexibility index (Phi) is 13.3. The van der Waals surface area contributed by atoms with E-state index in [2.05, 4.69) is 84.9 Å². The minimum absolute atomic E-state index is 0.505. The van der Waals surface area contributed by atoms with Crippen LogP contribution in [-0.4, -0.2) is 23.4 Å². The van der Waals surface area contributed by atoms with Gasteiger partial charge < -0.3 is 19.7 Å². The predicted octanol–water partition coefficient (Wildman–Crippen LogP) is 15.8. The number of rotatable bonds is 6. The molecule has 354 valence electrons. The smallest absolute Gasteiger partial charge is 0.140 e. The van der Waals surface area contributed by atoms with Gasteiger partial charge in [0, 0.05) is 11.1 Å². The van der Waals surface area contributed by atoms with Crippen molar-refractivity contribution in [2.75, 3.05) is 13.2 Å². The van der Waals surface area contributed by atoms with Crippen LogP contribution in [0, 0.1) is 0 Å². The number of ether oxygens (including phenoxy) is 2. The Bertz CT molecular complexity index is 3190. The lowest BCUT2D eigenvalue weighted by molar-refractivity contribution is 0.125. The first-order chi connectivity index (χ1) is 35.5. The van der Waals surface area contributed by atoms with Gasteiger partial charge in [-0.2, -0.15) is 10.2 Å². The van der Waals surface area contributed by atoms with E-state index >= 15 is 0 Å². The minimum Gasteiger partial charge on any atom is -0.493 e. The number of aliphatic hydroxyl groups is 2. The highest BCUT2D eigenvalue weighted by molar-refractivity contribution is 6.09. The Hall–Kier alpha value is -8.16. The number of fused-ring (bicyclic) bond motifs is 9. The van der Waals surface area contributed by atoms with Crippen molar-refractivity contribution in [3.05, 3.63) is 275 Å². The molecule has 10 aromatic rings. The third-order valence-electron chi connectivity index (χ3n) is 14.3. The van der Waals surface area contributed by atoms with Crippen LogP contribution in [0.25, 0.3) is 32.7 Å². The standard InChI is InChI=1S/C66H56N2O4/c69-65(51-25-5-1-6-26-51,52-27-7-2-8-28-52)55-39-35-49-23-17-19-43-71-61-41-37-47-21-13-15-33-57(47)63(61)64-58-34-16-14-22-48(58)38-42-62(64)72-44-20-18-24-50-36-40-56(46-60(50)68-67-59(49)45-55)66(70,53-29-9-3-10-30-53)54-31-11-4-12-32-54/h1-16,21-22,25-42,45-46,69-70H,17-20,23-24,43-44H2. The van der Waals surface area contributed by atoms with Gasteiger partial charge in [-0.05, 0) is 129 Å². The molecule has 6 nitrogen and oxygen atoms in total. The maximum absolute atomic E-state index is 13.0. The number of benzene rings is 10. The van der Waals surface area contributed by atoms with Crippen LogP contribution in [-0.2, 0) is 24.0 Å². The van der Waals surface area contributed by atoms with Crippen LogP contribution in [0.5, 0.6) is 11.5 Å². The molecule has 0 bridgehead atoms. The molecule has 0 amide bonds. The van der Waals surface area contributed by atoms with Crippen molar-refractivity contribution in [2.24, 2.45) is 10.2 Å².